The Morgan fingerprint density at radius 2 is 1.20 bits per heavy atom. The minimum absolute atomic E-state index is 0.0197. The molecule has 101 heavy (non-hydrogen) atoms. The van der Waals surface area contributed by atoms with Crippen molar-refractivity contribution in [2.75, 3.05) is 88.6 Å². The van der Waals surface area contributed by atoms with Gasteiger partial charge in [-0.3, -0.25) is 57.5 Å². The molecule has 9 atom stereocenters. The highest BCUT2D eigenvalue weighted by molar-refractivity contribution is 6.31. The van der Waals surface area contributed by atoms with Gasteiger partial charge in [-0.25, -0.2) is 0 Å². The van der Waals surface area contributed by atoms with Crippen LogP contribution in [-0.4, -0.2) is 251 Å². The van der Waals surface area contributed by atoms with Gasteiger partial charge in [0.25, 0.3) is 0 Å². The lowest BCUT2D eigenvalue weighted by Crippen LogP contribution is -2.65. The molecular formula is C73H112ClF3N12O12. The predicted molar refractivity (Wildman–Crippen MR) is 374 cm³/mol. The fraction of sp³-hybridized carbons (Fsp3) is 0.753. The number of nitrogens with one attached hydrogen (secondary N) is 3. The van der Waals surface area contributed by atoms with Crippen LogP contribution in [0.2, 0.25) is 5.02 Å². The molecule has 0 aromatic heterocycles. The maximum atomic E-state index is 15.8. The van der Waals surface area contributed by atoms with Crippen LogP contribution in [0.15, 0.2) is 18.2 Å². The number of hydrogen-bond acceptors (Lipinski definition) is 12. The molecule has 1 aromatic carbocycles. The molecule has 3 saturated carbocycles. The lowest BCUT2D eigenvalue weighted by atomic mass is 9.81. The van der Waals surface area contributed by atoms with E-state index < -0.39 is 179 Å². The van der Waals surface area contributed by atoms with Crippen molar-refractivity contribution in [2.45, 2.75) is 242 Å². The van der Waals surface area contributed by atoms with Crippen molar-refractivity contribution in [1.29, 1.82) is 0 Å². The second-order valence-corrected chi connectivity index (χ2v) is 30.3. The fourth-order valence-electron chi connectivity index (χ4n) is 16.0. The number of aryl methyl sites for hydroxylation is 1. The Morgan fingerprint density at radius 1 is 0.604 bits per heavy atom. The van der Waals surface area contributed by atoms with Crippen LogP contribution in [0.3, 0.4) is 0 Å². The van der Waals surface area contributed by atoms with Crippen LogP contribution < -0.4 is 16.0 Å². The second kappa shape index (κ2) is 36.4. The maximum absolute atomic E-state index is 15.8. The average Bonchev–Trinajstić information content (AvgIpc) is 1.74. The highest BCUT2D eigenvalue weighted by Crippen LogP contribution is 2.39. The molecule has 6 fully saturated rings. The number of likely N-dealkylation sites (tertiary alicyclic amines) is 1. The summed E-state index contributed by atoms with van der Waals surface area (Å²) in [6, 6.07) is -5.53. The lowest BCUT2D eigenvalue weighted by molar-refractivity contribution is -0.157. The van der Waals surface area contributed by atoms with E-state index >= 15 is 28.8 Å². The third kappa shape index (κ3) is 20.2. The molecule has 24 nitrogen and oxygen atoms in total. The fourth-order valence-corrected chi connectivity index (χ4v) is 16.3. The molecular weight excluding hydrogens is 1330 g/mol. The number of amides is 12. The summed E-state index contributed by atoms with van der Waals surface area (Å²) >= 11 is 6.16. The van der Waals surface area contributed by atoms with Crippen molar-refractivity contribution < 1.29 is 70.7 Å². The third-order valence-electron chi connectivity index (χ3n) is 22.8. The van der Waals surface area contributed by atoms with Gasteiger partial charge < -0.3 is 60.0 Å². The van der Waals surface area contributed by atoms with Crippen LogP contribution >= 0.6 is 11.6 Å². The average molecular weight is 1440 g/mol. The highest BCUT2D eigenvalue weighted by Gasteiger charge is 2.52. The summed E-state index contributed by atoms with van der Waals surface area (Å²) in [5, 5.41) is 8.21. The van der Waals surface area contributed by atoms with E-state index in [1.54, 1.807) is 18.7 Å². The van der Waals surface area contributed by atoms with Crippen LogP contribution in [0.4, 0.5) is 13.2 Å². The van der Waals surface area contributed by atoms with Crippen LogP contribution in [0, 0.1) is 23.7 Å². The molecule has 0 radical (unpaired) electrons. The second-order valence-electron chi connectivity index (χ2n) is 29.9. The molecule has 564 valence electrons. The van der Waals surface area contributed by atoms with E-state index in [1.165, 1.54) is 79.9 Å². The van der Waals surface area contributed by atoms with Crippen molar-refractivity contribution in [3.05, 3.63) is 34.3 Å². The maximum Gasteiger partial charge on any atom is 0.417 e. The van der Waals surface area contributed by atoms with Gasteiger partial charge in [0, 0.05) is 69.0 Å². The zero-order chi connectivity index (χ0) is 74.4. The first-order valence-corrected chi connectivity index (χ1v) is 37.3. The number of nitrogens with zero attached hydrogens (tertiary/aromatic N) is 9. The first-order chi connectivity index (χ1) is 47.7. The highest BCUT2D eigenvalue weighted by atomic mass is 35.5. The molecule has 12 amide bonds. The van der Waals surface area contributed by atoms with Gasteiger partial charge in [0.2, 0.25) is 70.9 Å². The number of fused-ring (bicyclic) bond motifs is 1. The van der Waals surface area contributed by atoms with Gasteiger partial charge in [-0.2, -0.15) is 13.2 Å². The van der Waals surface area contributed by atoms with Crippen molar-refractivity contribution in [2.24, 2.45) is 23.7 Å². The zero-order valence-electron chi connectivity index (χ0n) is 61.4. The Labute approximate surface area is 599 Å². The SMILES string of the molecule is CC[C@H](C)[C@@H]1NC(=O)[C@H]([C@@H](C)CC)N(C)C(=O)C[C@@H](C(=O)N2CCCCC2)N(C)C(=O)[C@H](C2CCCCC2)N(C)C(=O)C2(CCCC2)NC(=O)[C@@H]2CCCN2C(=O)[C@H](CCc2ccc(C(F)(F)F)c(Cl)c2)NC(=O)CN(C)C(=O)[C@H](CC2CCCCC2)N(C)C(=O)CN(C)C(=O)CN(C)C1=O. The molecule has 1 aromatic rings. The van der Waals surface area contributed by atoms with Crippen LogP contribution in [0.25, 0.3) is 0 Å². The zero-order valence-corrected chi connectivity index (χ0v) is 62.2. The summed E-state index contributed by atoms with van der Waals surface area (Å²) in [6.07, 6.45) is 7.40. The lowest BCUT2D eigenvalue weighted by Gasteiger charge is -2.43. The van der Waals surface area contributed by atoms with Gasteiger partial charge in [0.15, 0.2) is 0 Å². The van der Waals surface area contributed by atoms with E-state index in [9.17, 15) is 41.9 Å². The van der Waals surface area contributed by atoms with E-state index in [2.05, 4.69) is 16.0 Å². The molecule has 6 aliphatic rings. The molecule has 3 saturated heterocycles. The molecule has 3 aliphatic carbocycles. The van der Waals surface area contributed by atoms with E-state index in [4.69, 9.17) is 11.6 Å². The summed E-state index contributed by atoms with van der Waals surface area (Å²) in [6.45, 7) is 6.36. The van der Waals surface area contributed by atoms with Crippen molar-refractivity contribution in [1.82, 2.24) is 60.0 Å². The number of carbonyl (C=O) groups is 12. The van der Waals surface area contributed by atoms with Gasteiger partial charge >= 0.3 is 6.18 Å². The van der Waals surface area contributed by atoms with Crippen LogP contribution in [0.1, 0.15) is 193 Å². The number of hydrogen-bond donors (Lipinski definition) is 3. The first kappa shape index (κ1) is 81.2. The van der Waals surface area contributed by atoms with Gasteiger partial charge in [-0.15, -0.1) is 0 Å². The Kier molecular flexibility index (Phi) is 29.3. The molecule has 0 unspecified atom stereocenters. The summed E-state index contributed by atoms with van der Waals surface area (Å²) in [4.78, 5) is 191. The third-order valence-corrected chi connectivity index (χ3v) is 23.1. The minimum Gasteiger partial charge on any atom is -0.343 e. The Bertz CT molecular complexity index is 3140. The molecule has 28 heteroatoms. The number of rotatable bonds is 11. The molecule has 7 rings (SSSR count). The Balaban J connectivity index is 1.29. The quantitative estimate of drug-likeness (QED) is 0.217. The van der Waals surface area contributed by atoms with Gasteiger partial charge in [-0.05, 0) is 118 Å². The summed E-state index contributed by atoms with van der Waals surface area (Å²) in [7, 11) is 10.0. The molecule has 3 aliphatic heterocycles. The minimum atomic E-state index is -4.76. The number of piperidine rings is 1. The Hall–Kier alpha value is -7.06. The van der Waals surface area contributed by atoms with Gasteiger partial charge in [0.05, 0.1) is 36.6 Å². The van der Waals surface area contributed by atoms with Crippen LogP contribution in [0.5, 0.6) is 0 Å². The first-order valence-electron chi connectivity index (χ1n) is 36.9. The number of benzene rings is 1. The number of carbonyl (C=O) groups excluding carboxylic acids is 12. The number of likely N-dealkylation sites (N-methyl/N-ethyl adjacent to an activating group) is 7. The van der Waals surface area contributed by atoms with E-state index in [0.29, 0.717) is 76.4 Å². The summed E-state index contributed by atoms with van der Waals surface area (Å²) < 4.78 is 41.7. The molecule has 0 bridgehead atoms. The predicted octanol–water partition coefficient (Wildman–Crippen LogP) is 6.42. The topological polar surface area (TPSA) is 270 Å². The van der Waals surface area contributed by atoms with E-state index in [1.807, 2.05) is 13.8 Å². The van der Waals surface area contributed by atoms with Gasteiger partial charge in [0.1, 0.15) is 47.8 Å². The molecule has 1 spiro atoms. The standard InChI is InChI=1S/C73H112ClF3N12O12/c1-12-46(3)61-69(99)83(7)44-59(92)81(5)45-60(93)84(8)55(41-48-26-17-14-18-27-48)67(97)82(6)43-57(90)78-53(34-32-49-31-33-51(52(74)40-49)73(75,76)77)66(96)89-39-25-30-54(89)64(94)80-72(35-21-22-36-72)71(101)87(11)63(50-28-19-15-20-29-50)70(100)85(9)56(68(98)88-37-23-16-24-38-88)42-58(91)86(10)62(47(4)13-2)65(95)79-61/h31,33,40,46-48,50,53-56,61-63H,12-30,32,34-39,41-45H2,1-11H3,(H,78,90)(H,79,95)(H,80,94)/t46-,47-,53-,54-,55-,56-,61-,62-,63-/m0/s1. The van der Waals surface area contributed by atoms with Crippen LogP contribution in [-0.2, 0) is 70.1 Å². The monoisotopic (exact) mass is 1440 g/mol. The molecule has 3 heterocycles. The molecule has 3 N–H and O–H groups in total. The van der Waals surface area contributed by atoms with Crippen molar-refractivity contribution >= 4 is 82.5 Å². The Morgan fingerprint density at radius 3 is 1.80 bits per heavy atom. The van der Waals surface area contributed by atoms with Crippen molar-refractivity contribution in [3.8, 4) is 0 Å². The van der Waals surface area contributed by atoms with Gasteiger partial charge in [-0.1, -0.05) is 122 Å². The number of halogens is 4. The number of alkyl halides is 3. The normalized spacial score (nSPS) is 27.1. The van der Waals surface area contributed by atoms with E-state index in [-0.39, 0.29) is 51.0 Å². The summed E-state index contributed by atoms with van der Waals surface area (Å²) in [5.41, 5.74) is -2.33. The smallest absolute Gasteiger partial charge is 0.343 e. The van der Waals surface area contributed by atoms with Crippen molar-refractivity contribution in [3.63, 3.8) is 0 Å². The summed E-state index contributed by atoms with van der Waals surface area (Å²) in [5.74, 6) is -9.01. The largest absolute Gasteiger partial charge is 0.417 e. The van der Waals surface area contributed by atoms with E-state index in [0.717, 1.165) is 84.6 Å².